The topological polar surface area (TPSA) is 88.8 Å². The number of hydrogen-bond donors (Lipinski definition) is 2. The molecule has 190 valence electrons. The summed E-state index contributed by atoms with van der Waals surface area (Å²) in [6, 6.07) is 2.98. The van der Waals surface area contributed by atoms with Gasteiger partial charge in [0, 0.05) is 35.6 Å². The number of fused-ring (bicyclic) bond motifs is 1. The SMILES string of the molecule is NC(=O)c1cc(F)c(CC2CCC[C@@H](CC(=O)C3CCCC3)C2)nc1-c1c[nH]c2c(F)cc(F)cc12. The number of amides is 1. The van der Waals surface area contributed by atoms with E-state index in [1.54, 1.807) is 0 Å². The summed E-state index contributed by atoms with van der Waals surface area (Å²) in [4.78, 5) is 32.0. The molecule has 2 fully saturated rings. The lowest BCUT2D eigenvalue weighted by Crippen LogP contribution is -2.23. The van der Waals surface area contributed by atoms with Crippen LogP contribution in [0, 0.1) is 35.2 Å². The van der Waals surface area contributed by atoms with Crippen LogP contribution in [0.4, 0.5) is 13.2 Å². The Morgan fingerprint density at radius 1 is 0.972 bits per heavy atom. The van der Waals surface area contributed by atoms with Gasteiger partial charge in [-0.2, -0.15) is 0 Å². The van der Waals surface area contributed by atoms with Crippen molar-refractivity contribution in [2.24, 2.45) is 23.5 Å². The minimum Gasteiger partial charge on any atom is -0.366 e. The number of aromatic nitrogens is 2. The lowest BCUT2D eigenvalue weighted by molar-refractivity contribution is -0.124. The van der Waals surface area contributed by atoms with Gasteiger partial charge >= 0.3 is 0 Å². The number of nitrogens with two attached hydrogens (primary N) is 1. The molecule has 0 spiro atoms. The molecule has 1 unspecified atom stereocenters. The van der Waals surface area contributed by atoms with Crippen molar-refractivity contribution in [3.05, 3.63) is 53.1 Å². The molecule has 36 heavy (non-hydrogen) atoms. The van der Waals surface area contributed by atoms with Crippen molar-refractivity contribution >= 4 is 22.6 Å². The van der Waals surface area contributed by atoms with Crippen LogP contribution in [0.5, 0.6) is 0 Å². The number of carbonyl (C=O) groups is 2. The molecular weight excluding hydrogens is 467 g/mol. The number of halogens is 3. The smallest absolute Gasteiger partial charge is 0.251 e. The second-order valence-corrected chi connectivity index (χ2v) is 10.4. The van der Waals surface area contributed by atoms with Crippen LogP contribution in [0.25, 0.3) is 22.2 Å². The largest absolute Gasteiger partial charge is 0.366 e. The maximum Gasteiger partial charge on any atom is 0.251 e. The van der Waals surface area contributed by atoms with E-state index in [1.165, 1.54) is 6.20 Å². The fourth-order valence-corrected chi connectivity index (χ4v) is 6.16. The molecule has 2 aliphatic carbocycles. The van der Waals surface area contributed by atoms with Gasteiger partial charge in [0.1, 0.15) is 23.2 Å². The first-order valence-electron chi connectivity index (χ1n) is 12.8. The number of pyridine rings is 1. The highest BCUT2D eigenvalue weighted by Gasteiger charge is 2.30. The average molecular weight is 498 g/mol. The summed E-state index contributed by atoms with van der Waals surface area (Å²) in [6.07, 6.45) is 10.4. The van der Waals surface area contributed by atoms with Gasteiger partial charge in [-0.05, 0) is 49.7 Å². The number of ketones is 1. The predicted octanol–water partition coefficient (Wildman–Crippen LogP) is 6.24. The van der Waals surface area contributed by atoms with Gasteiger partial charge in [0.25, 0.3) is 5.91 Å². The van der Waals surface area contributed by atoms with E-state index in [-0.39, 0.29) is 45.3 Å². The number of nitrogens with one attached hydrogen (secondary N) is 1. The van der Waals surface area contributed by atoms with Gasteiger partial charge in [-0.25, -0.2) is 18.2 Å². The van der Waals surface area contributed by atoms with Gasteiger partial charge in [-0.1, -0.05) is 32.1 Å². The van der Waals surface area contributed by atoms with E-state index in [4.69, 9.17) is 5.73 Å². The summed E-state index contributed by atoms with van der Waals surface area (Å²) in [5.74, 6) is -2.03. The first-order chi connectivity index (χ1) is 17.3. The normalized spacial score (nSPS) is 20.8. The van der Waals surface area contributed by atoms with E-state index in [9.17, 15) is 18.4 Å². The van der Waals surface area contributed by atoms with Crippen molar-refractivity contribution in [3.8, 4) is 11.3 Å². The summed E-state index contributed by atoms with van der Waals surface area (Å²) in [5, 5.41) is 0.197. The second kappa shape index (κ2) is 10.1. The van der Waals surface area contributed by atoms with E-state index in [0.717, 1.165) is 69.6 Å². The number of H-pyrrole nitrogens is 1. The van der Waals surface area contributed by atoms with Gasteiger partial charge in [0.2, 0.25) is 0 Å². The molecule has 3 N–H and O–H groups in total. The Hall–Kier alpha value is -3.16. The Balaban J connectivity index is 1.41. The lowest BCUT2D eigenvalue weighted by Gasteiger charge is -2.29. The Morgan fingerprint density at radius 2 is 1.72 bits per heavy atom. The third kappa shape index (κ3) is 4.90. The maximum atomic E-state index is 15.1. The van der Waals surface area contributed by atoms with Crippen LogP contribution < -0.4 is 5.73 Å². The van der Waals surface area contributed by atoms with Crippen LogP contribution in [-0.4, -0.2) is 21.7 Å². The zero-order valence-corrected chi connectivity index (χ0v) is 20.1. The van der Waals surface area contributed by atoms with Gasteiger partial charge in [-0.3, -0.25) is 9.59 Å². The van der Waals surface area contributed by atoms with Crippen LogP contribution in [0.1, 0.15) is 73.8 Å². The molecule has 0 radical (unpaired) electrons. The molecule has 2 aromatic heterocycles. The number of nitrogens with zero attached hydrogens (tertiary/aromatic N) is 1. The molecule has 2 aliphatic rings. The van der Waals surface area contributed by atoms with Gasteiger partial charge in [-0.15, -0.1) is 0 Å². The number of Topliss-reactive ketones (excluding diaryl/α,β-unsaturated/α-hetero) is 1. The number of hydrogen-bond acceptors (Lipinski definition) is 3. The Kier molecular flexibility index (Phi) is 6.86. The molecule has 3 aromatic rings. The third-order valence-electron chi connectivity index (χ3n) is 7.95. The highest BCUT2D eigenvalue weighted by atomic mass is 19.1. The molecule has 2 saturated carbocycles. The molecule has 0 saturated heterocycles. The third-order valence-corrected chi connectivity index (χ3v) is 7.95. The van der Waals surface area contributed by atoms with Crippen molar-refractivity contribution in [2.45, 2.75) is 64.2 Å². The molecule has 2 heterocycles. The quantitative estimate of drug-likeness (QED) is 0.405. The monoisotopic (exact) mass is 497 g/mol. The Labute approximate surface area is 207 Å². The summed E-state index contributed by atoms with van der Waals surface area (Å²) in [5.41, 5.74) is 5.99. The second-order valence-electron chi connectivity index (χ2n) is 10.4. The number of carbonyl (C=O) groups excluding carboxylic acids is 2. The fourth-order valence-electron chi connectivity index (χ4n) is 6.16. The molecule has 2 atom stereocenters. The fraction of sp³-hybridized carbons (Fsp3) is 0.464. The van der Waals surface area contributed by atoms with Crippen molar-refractivity contribution in [1.82, 2.24) is 9.97 Å². The van der Waals surface area contributed by atoms with E-state index in [2.05, 4.69) is 9.97 Å². The number of benzene rings is 1. The predicted molar refractivity (Wildman–Crippen MR) is 131 cm³/mol. The summed E-state index contributed by atoms with van der Waals surface area (Å²) < 4.78 is 43.3. The van der Waals surface area contributed by atoms with Gasteiger partial charge in [0.15, 0.2) is 0 Å². The molecule has 0 aliphatic heterocycles. The number of aromatic amines is 1. The maximum absolute atomic E-state index is 15.1. The van der Waals surface area contributed by atoms with Crippen molar-refractivity contribution in [1.29, 1.82) is 0 Å². The van der Waals surface area contributed by atoms with Crippen LogP contribution >= 0.6 is 0 Å². The van der Waals surface area contributed by atoms with Crippen molar-refractivity contribution < 1.29 is 22.8 Å². The summed E-state index contributed by atoms with van der Waals surface area (Å²) in [6.45, 7) is 0. The van der Waals surface area contributed by atoms with Crippen molar-refractivity contribution in [2.75, 3.05) is 0 Å². The Morgan fingerprint density at radius 3 is 2.47 bits per heavy atom. The molecule has 5 nitrogen and oxygen atoms in total. The van der Waals surface area contributed by atoms with Crippen LogP contribution in [0.2, 0.25) is 0 Å². The minimum absolute atomic E-state index is 0.0662. The number of rotatable bonds is 7. The molecule has 5 rings (SSSR count). The van der Waals surface area contributed by atoms with E-state index in [1.807, 2.05) is 0 Å². The van der Waals surface area contributed by atoms with Crippen molar-refractivity contribution in [3.63, 3.8) is 0 Å². The number of primary amides is 1. The first kappa shape index (κ1) is 24.5. The first-order valence-corrected chi connectivity index (χ1v) is 12.8. The molecule has 0 bridgehead atoms. The molecule has 1 aromatic carbocycles. The lowest BCUT2D eigenvalue weighted by atomic mass is 9.76. The summed E-state index contributed by atoms with van der Waals surface area (Å²) in [7, 11) is 0. The molecule has 8 heteroatoms. The van der Waals surface area contributed by atoms with Crippen LogP contribution in [0.15, 0.2) is 24.4 Å². The zero-order chi connectivity index (χ0) is 25.4. The van der Waals surface area contributed by atoms with Gasteiger partial charge in [0.05, 0.1) is 22.5 Å². The summed E-state index contributed by atoms with van der Waals surface area (Å²) >= 11 is 0. The van der Waals surface area contributed by atoms with Crippen LogP contribution in [0.3, 0.4) is 0 Å². The van der Waals surface area contributed by atoms with Gasteiger partial charge < -0.3 is 10.7 Å². The van der Waals surface area contributed by atoms with E-state index >= 15 is 4.39 Å². The molecular formula is C28H30F3N3O2. The highest BCUT2D eigenvalue weighted by molar-refractivity contribution is 6.04. The minimum atomic E-state index is -0.877. The standard InChI is InChI=1S/C28H30F3N3O2/c29-18-11-19-21(14-33-27(19)23(31)12-18)26-20(28(32)36)13-22(30)24(34-26)9-15-4-3-5-16(8-15)10-25(35)17-6-1-2-7-17/h11-17,33H,1-10H2,(H2,32,36)/t15?,16-/m1/s1. The Bertz CT molecular complexity index is 1310. The van der Waals surface area contributed by atoms with E-state index in [0.29, 0.717) is 24.5 Å². The molecule has 1 amide bonds. The average Bonchev–Trinajstić information content (AvgIpc) is 3.51. The van der Waals surface area contributed by atoms with E-state index < -0.39 is 23.4 Å². The van der Waals surface area contributed by atoms with Crippen LogP contribution in [-0.2, 0) is 11.2 Å². The zero-order valence-electron chi connectivity index (χ0n) is 20.1. The highest BCUT2D eigenvalue weighted by Crippen LogP contribution is 2.37.